The summed E-state index contributed by atoms with van der Waals surface area (Å²) in [5.74, 6) is -1.23. The summed E-state index contributed by atoms with van der Waals surface area (Å²) < 4.78 is 1.62. The molecule has 0 saturated carbocycles. The number of carboxylic acid groups (broad SMARTS) is 1. The summed E-state index contributed by atoms with van der Waals surface area (Å²) in [6.45, 7) is 2.59. The molecule has 2 aromatic rings. The number of aromatic nitrogens is 3. The van der Waals surface area contributed by atoms with Gasteiger partial charge in [-0.2, -0.15) is 5.10 Å². The monoisotopic (exact) mass is 320 g/mol. The topological polar surface area (TPSA) is 112 Å². The SMILES string of the molecule is Cc1nn(C)c2ncc(C(=O)O)c(N3CC[C@H](CO)[C@@H](O)C3)c12. The number of β-amino-alcohol motifs (C(OH)–C–C–N with tert-alkyl or cyclic N) is 1. The van der Waals surface area contributed by atoms with Gasteiger partial charge in [-0.1, -0.05) is 0 Å². The van der Waals surface area contributed by atoms with Crippen LogP contribution in [0, 0.1) is 12.8 Å². The quantitative estimate of drug-likeness (QED) is 0.738. The Morgan fingerprint density at radius 3 is 2.83 bits per heavy atom. The molecule has 8 nitrogen and oxygen atoms in total. The van der Waals surface area contributed by atoms with Crippen LogP contribution in [0.15, 0.2) is 6.20 Å². The Morgan fingerprint density at radius 2 is 2.22 bits per heavy atom. The molecule has 1 saturated heterocycles. The number of anilines is 1. The number of hydrogen-bond donors (Lipinski definition) is 3. The summed E-state index contributed by atoms with van der Waals surface area (Å²) in [7, 11) is 1.76. The first kappa shape index (κ1) is 15.7. The Morgan fingerprint density at radius 1 is 1.48 bits per heavy atom. The van der Waals surface area contributed by atoms with Crippen LogP contribution in [0.25, 0.3) is 11.0 Å². The summed E-state index contributed by atoms with van der Waals surface area (Å²) >= 11 is 0. The molecule has 3 rings (SSSR count). The highest BCUT2D eigenvalue weighted by atomic mass is 16.4. The van der Waals surface area contributed by atoms with Crippen LogP contribution in [0.2, 0.25) is 0 Å². The van der Waals surface area contributed by atoms with Crippen molar-refractivity contribution >= 4 is 22.7 Å². The van der Waals surface area contributed by atoms with E-state index in [4.69, 9.17) is 0 Å². The number of aryl methyl sites for hydroxylation is 2. The Hall–Kier alpha value is -2.19. The molecule has 1 aliphatic rings. The summed E-state index contributed by atoms with van der Waals surface area (Å²) in [6.07, 6.45) is 1.24. The van der Waals surface area contributed by atoms with E-state index in [0.29, 0.717) is 35.4 Å². The van der Waals surface area contributed by atoms with Crippen molar-refractivity contribution in [1.29, 1.82) is 0 Å². The van der Waals surface area contributed by atoms with Crippen molar-refractivity contribution in [3.05, 3.63) is 17.5 Å². The zero-order valence-corrected chi connectivity index (χ0v) is 13.1. The molecule has 0 amide bonds. The maximum atomic E-state index is 11.6. The van der Waals surface area contributed by atoms with Crippen LogP contribution in [0.5, 0.6) is 0 Å². The fourth-order valence-corrected chi connectivity index (χ4v) is 3.27. The number of fused-ring (bicyclic) bond motifs is 1. The molecule has 0 bridgehead atoms. The van der Waals surface area contributed by atoms with Gasteiger partial charge in [-0.05, 0) is 13.3 Å². The molecule has 23 heavy (non-hydrogen) atoms. The standard InChI is InChI=1S/C15H20N4O4/c1-8-12-13(19-4-3-9(7-20)11(21)6-19)10(15(22)23)5-16-14(12)18(2)17-8/h5,9,11,20-21H,3-4,6-7H2,1-2H3,(H,22,23)/t9-,11+/m1/s1. The van der Waals surface area contributed by atoms with Gasteiger partial charge in [0.15, 0.2) is 5.65 Å². The second kappa shape index (κ2) is 5.78. The van der Waals surface area contributed by atoms with Crippen LogP contribution in [-0.2, 0) is 7.05 Å². The van der Waals surface area contributed by atoms with E-state index in [9.17, 15) is 20.1 Å². The number of nitrogens with zero attached hydrogens (tertiary/aromatic N) is 4. The molecule has 0 unspecified atom stereocenters. The first-order valence-electron chi connectivity index (χ1n) is 7.53. The van der Waals surface area contributed by atoms with Gasteiger partial charge in [-0.25, -0.2) is 9.78 Å². The number of carboxylic acids is 1. The first-order chi connectivity index (χ1) is 10.9. The normalized spacial score (nSPS) is 21.8. The number of carbonyl (C=O) groups is 1. The summed E-state index contributed by atoms with van der Waals surface area (Å²) in [5, 5.41) is 34.0. The lowest BCUT2D eigenvalue weighted by molar-refractivity contribution is 0.0544. The number of aliphatic hydroxyl groups excluding tert-OH is 2. The van der Waals surface area contributed by atoms with E-state index in [1.165, 1.54) is 6.20 Å². The van der Waals surface area contributed by atoms with E-state index >= 15 is 0 Å². The number of aromatic carboxylic acids is 1. The van der Waals surface area contributed by atoms with Crippen molar-refractivity contribution in [1.82, 2.24) is 14.8 Å². The molecule has 1 fully saturated rings. The molecule has 8 heteroatoms. The highest BCUT2D eigenvalue weighted by Gasteiger charge is 2.31. The van der Waals surface area contributed by atoms with Crippen LogP contribution >= 0.6 is 0 Å². The van der Waals surface area contributed by atoms with Crippen LogP contribution in [0.3, 0.4) is 0 Å². The Balaban J connectivity index is 2.15. The third-order valence-corrected chi connectivity index (χ3v) is 4.50. The zero-order valence-electron chi connectivity index (χ0n) is 13.1. The molecule has 124 valence electrons. The van der Waals surface area contributed by atoms with Gasteiger partial charge in [0.2, 0.25) is 0 Å². The maximum absolute atomic E-state index is 11.6. The van der Waals surface area contributed by atoms with Crippen LogP contribution in [0.1, 0.15) is 22.5 Å². The molecular formula is C15H20N4O4. The number of pyridine rings is 1. The molecule has 2 aromatic heterocycles. The van der Waals surface area contributed by atoms with Gasteiger partial charge in [0.05, 0.1) is 22.9 Å². The third-order valence-electron chi connectivity index (χ3n) is 4.50. The van der Waals surface area contributed by atoms with E-state index in [0.717, 1.165) is 0 Å². The van der Waals surface area contributed by atoms with Crippen molar-refractivity contribution in [2.75, 3.05) is 24.6 Å². The van der Waals surface area contributed by atoms with Crippen molar-refractivity contribution in [2.45, 2.75) is 19.4 Å². The van der Waals surface area contributed by atoms with Gasteiger partial charge in [-0.15, -0.1) is 0 Å². The number of aliphatic hydroxyl groups is 2. The van der Waals surface area contributed by atoms with Gasteiger partial charge in [0, 0.05) is 38.9 Å². The van der Waals surface area contributed by atoms with Crippen molar-refractivity contribution in [2.24, 2.45) is 13.0 Å². The molecule has 3 N–H and O–H groups in total. The van der Waals surface area contributed by atoms with Gasteiger partial charge in [0.1, 0.15) is 5.56 Å². The summed E-state index contributed by atoms with van der Waals surface area (Å²) in [5.41, 5.74) is 1.96. The minimum Gasteiger partial charge on any atom is -0.478 e. The Labute approximate surface area is 133 Å². The van der Waals surface area contributed by atoms with E-state index < -0.39 is 12.1 Å². The highest BCUT2D eigenvalue weighted by Crippen LogP contribution is 2.34. The van der Waals surface area contributed by atoms with Crippen LogP contribution in [-0.4, -0.2) is 61.9 Å². The van der Waals surface area contributed by atoms with Crippen molar-refractivity contribution in [3.63, 3.8) is 0 Å². The largest absolute Gasteiger partial charge is 0.478 e. The second-order valence-corrected chi connectivity index (χ2v) is 5.98. The Kier molecular flexibility index (Phi) is 3.95. The molecule has 0 aliphatic carbocycles. The van der Waals surface area contributed by atoms with Crippen LogP contribution < -0.4 is 4.90 Å². The van der Waals surface area contributed by atoms with E-state index in [1.54, 1.807) is 11.7 Å². The lowest BCUT2D eigenvalue weighted by atomic mass is 9.93. The zero-order chi connectivity index (χ0) is 16.7. The molecule has 1 aliphatic heterocycles. The molecule has 3 heterocycles. The lowest BCUT2D eigenvalue weighted by Crippen LogP contribution is -2.45. The maximum Gasteiger partial charge on any atom is 0.339 e. The summed E-state index contributed by atoms with van der Waals surface area (Å²) in [6, 6.07) is 0. The van der Waals surface area contributed by atoms with Gasteiger partial charge >= 0.3 is 5.97 Å². The molecular weight excluding hydrogens is 300 g/mol. The molecule has 0 aromatic carbocycles. The summed E-state index contributed by atoms with van der Waals surface area (Å²) in [4.78, 5) is 17.7. The van der Waals surface area contributed by atoms with Crippen LogP contribution in [0.4, 0.5) is 5.69 Å². The number of piperidine rings is 1. The van der Waals surface area contributed by atoms with E-state index in [2.05, 4.69) is 10.1 Å². The van der Waals surface area contributed by atoms with Gasteiger partial charge in [-0.3, -0.25) is 4.68 Å². The number of rotatable bonds is 3. The molecule has 0 radical (unpaired) electrons. The molecule has 2 atom stereocenters. The lowest BCUT2D eigenvalue weighted by Gasteiger charge is -2.37. The fourth-order valence-electron chi connectivity index (χ4n) is 3.27. The molecule has 0 spiro atoms. The van der Waals surface area contributed by atoms with Crippen molar-refractivity contribution < 1.29 is 20.1 Å². The third kappa shape index (κ3) is 2.53. The van der Waals surface area contributed by atoms with E-state index in [-0.39, 0.29) is 24.6 Å². The second-order valence-electron chi connectivity index (χ2n) is 5.98. The van der Waals surface area contributed by atoms with Crippen molar-refractivity contribution in [3.8, 4) is 0 Å². The first-order valence-corrected chi connectivity index (χ1v) is 7.53. The fraction of sp³-hybridized carbons (Fsp3) is 0.533. The predicted molar refractivity (Wildman–Crippen MR) is 83.6 cm³/mol. The highest BCUT2D eigenvalue weighted by molar-refractivity contribution is 6.04. The number of hydrogen-bond acceptors (Lipinski definition) is 6. The average Bonchev–Trinajstić information content (AvgIpc) is 2.81. The van der Waals surface area contributed by atoms with Gasteiger partial charge in [0.25, 0.3) is 0 Å². The average molecular weight is 320 g/mol. The van der Waals surface area contributed by atoms with E-state index in [1.807, 2.05) is 11.8 Å². The smallest absolute Gasteiger partial charge is 0.339 e. The predicted octanol–water partition coefficient (Wildman–Crippen LogP) is 0.154. The van der Waals surface area contributed by atoms with Gasteiger partial charge < -0.3 is 20.2 Å². The Bertz CT molecular complexity index is 758. The minimum atomic E-state index is -1.06. The minimum absolute atomic E-state index is 0.0710.